The van der Waals surface area contributed by atoms with E-state index < -0.39 is 11.7 Å². The standard InChI is InChI=1S/C21H13F3I2N4O/c22-21(23,24)16-5-6-19(28-11-16)30-29-10-13-7-17(25)20(18(26)8-13)31-12-15-4-2-1-3-14(15)9-27/h1-8,10-11H,12H2,(H,28,30)/b29-10-. The number of hydrazone groups is 1. The van der Waals surface area contributed by atoms with Gasteiger partial charge in [0, 0.05) is 11.8 Å². The molecule has 0 aliphatic carbocycles. The lowest BCUT2D eigenvalue weighted by molar-refractivity contribution is -0.137. The molecule has 0 radical (unpaired) electrons. The molecule has 1 N–H and O–H groups in total. The van der Waals surface area contributed by atoms with E-state index in [1.807, 2.05) is 24.3 Å². The minimum atomic E-state index is -4.43. The zero-order valence-electron chi connectivity index (χ0n) is 15.6. The summed E-state index contributed by atoms with van der Waals surface area (Å²) in [5, 5.41) is 13.2. The molecule has 0 amide bonds. The summed E-state index contributed by atoms with van der Waals surface area (Å²) in [5.74, 6) is 0.896. The van der Waals surface area contributed by atoms with Gasteiger partial charge in [-0.2, -0.15) is 23.5 Å². The lowest BCUT2D eigenvalue weighted by Crippen LogP contribution is -2.05. The Kier molecular flexibility index (Phi) is 7.71. The van der Waals surface area contributed by atoms with Crippen molar-refractivity contribution >= 4 is 57.2 Å². The Bertz CT molecular complexity index is 1120. The maximum atomic E-state index is 12.6. The van der Waals surface area contributed by atoms with Crippen molar-refractivity contribution in [1.29, 1.82) is 5.26 Å². The monoisotopic (exact) mass is 648 g/mol. The van der Waals surface area contributed by atoms with Crippen LogP contribution in [0.4, 0.5) is 19.0 Å². The molecule has 3 rings (SSSR count). The van der Waals surface area contributed by atoms with Crippen LogP contribution >= 0.6 is 45.2 Å². The van der Waals surface area contributed by atoms with E-state index in [4.69, 9.17) is 4.74 Å². The Hall–Kier alpha value is -2.40. The first kappa shape index (κ1) is 23.3. The number of pyridine rings is 1. The predicted molar refractivity (Wildman–Crippen MR) is 128 cm³/mol. The van der Waals surface area contributed by atoms with Gasteiger partial charge in [0.1, 0.15) is 18.2 Å². The van der Waals surface area contributed by atoms with Gasteiger partial charge in [-0.1, -0.05) is 18.2 Å². The summed E-state index contributed by atoms with van der Waals surface area (Å²) < 4.78 is 45.4. The second kappa shape index (κ2) is 10.3. The SMILES string of the molecule is N#Cc1ccccc1COc1c(I)cc(/C=N\Nc2ccc(C(F)(F)F)cn2)cc1I. The third-order valence-corrected chi connectivity index (χ3v) is 5.62. The van der Waals surface area contributed by atoms with Crippen molar-refractivity contribution in [2.45, 2.75) is 12.8 Å². The highest BCUT2D eigenvalue weighted by molar-refractivity contribution is 14.1. The average molecular weight is 648 g/mol. The fourth-order valence-electron chi connectivity index (χ4n) is 2.50. The van der Waals surface area contributed by atoms with Crippen LogP contribution in [0, 0.1) is 18.5 Å². The van der Waals surface area contributed by atoms with Crippen LogP contribution in [0.15, 0.2) is 59.8 Å². The van der Waals surface area contributed by atoms with Crippen molar-refractivity contribution in [1.82, 2.24) is 4.98 Å². The summed E-state index contributed by atoms with van der Waals surface area (Å²) in [5.41, 5.74) is 3.93. The van der Waals surface area contributed by atoms with Gasteiger partial charge in [-0.25, -0.2) is 4.98 Å². The van der Waals surface area contributed by atoms with E-state index in [0.717, 1.165) is 30.5 Å². The van der Waals surface area contributed by atoms with Crippen LogP contribution in [-0.2, 0) is 12.8 Å². The molecule has 0 bridgehead atoms. The van der Waals surface area contributed by atoms with E-state index in [1.54, 1.807) is 18.3 Å². The Morgan fingerprint density at radius 3 is 2.45 bits per heavy atom. The first-order valence-corrected chi connectivity index (χ1v) is 10.9. The fraction of sp³-hybridized carbons (Fsp3) is 0.0952. The summed E-state index contributed by atoms with van der Waals surface area (Å²) in [6.45, 7) is 0.268. The second-order valence-electron chi connectivity index (χ2n) is 6.17. The summed E-state index contributed by atoms with van der Waals surface area (Å²) in [6, 6.07) is 15.3. The highest BCUT2D eigenvalue weighted by atomic mass is 127. The number of alkyl halides is 3. The summed E-state index contributed by atoms with van der Waals surface area (Å²) in [7, 11) is 0. The molecule has 0 saturated carbocycles. The van der Waals surface area contributed by atoms with Crippen LogP contribution in [0.2, 0.25) is 0 Å². The number of rotatable bonds is 6. The van der Waals surface area contributed by atoms with Gasteiger partial charge in [0.15, 0.2) is 0 Å². The molecule has 1 aromatic heterocycles. The van der Waals surface area contributed by atoms with Crippen molar-refractivity contribution in [3.63, 3.8) is 0 Å². The molecular formula is C21H13F3I2N4O. The molecule has 0 aliphatic rings. The van der Waals surface area contributed by atoms with E-state index in [1.165, 1.54) is 6.07 Å². The topological polar surface area (TPSA) is 70.3 Å². The number of ether oxygens (including phenoxy) is 1. The van der Waals surface area contributed by atoms with Gasteiger partial charge in [-0.05, 0) is 81.1 Å². The van der Waals surface area contributed by atoms with E-state index in [2.05, 4.69) is 66.8 Å². The number of halogens is 5. The van der Waals surface area contributed by atoms with E-state index in [9.17, 15) is 18.4 Å². The predicted octanol–water partition coefficient (Wildman–Crippen LogP) is 6.21. The first-order valence-electron chi connectivity index (χ1n) is 8.70. The number of aromatic nitrogens is 1. The van der Waals surface area contributed by atoms with Crippen molar-refractivity contribution < 1.29 is 17.9 Å². The Balaban J connectivity index is 1.66. The zero-order chi connectivity index (χ0) is 22.4. The number of hydrogen-bond acceptors (Lipinski definition) is 5. The van der Waals surface area contributed by atoms with Gasteiger partial charge >= 0.3 is 6.18 Å². The van der Waals surface area contributed by atoms with Crippen molar-refractivity contribution in [2.24, 2.45) is 5.10 Å². The molecule has 3 aromatic rings. The molecule has 158 valence electrons. The minimum absolute atomic E-state index is 0.199. The molecule has 0 unspecified atom stereocenters. The van der Waals surface area contributed by atoms with E-state index in [-0.39, 0.29) is 12.4 Å². The number of benzene rings is 2. The number of nitrogens with one attached hydrogen (secondary N) is 1. The summed E-state index contributed by atoms with van der Waals surface area (Å²) in [6.07, 6.45) is -2.14. The maximum Gasteiger partial charge on any atom is 0.417 e. The van der Waals surface area contributed by atoms with Crippen LogP contribution in [0.5, 0.6) is 5.75 Å². The molecule has 0 spiro atoms. The minimum Gasteiger partial charge on any atom is -0.487 e. The lowest BCUT2D eigenvalue weighted by Gasteiger charge is -2.12. The molecular weight excluding hydrogens is 635 g/mol. The quantitative estimate of drug-likeness (QED) is 0.196. The van der Waals surface area contributed by atoms with Crippen LogP contribution in [0.1, 0.15) is 22.3 Å². The van der Waals surface area contributed by atoms with Gasteiger partial charge in [0.05, 0.1) is 30.6 Å². The smallest absolute Gasteiger partial charge is 0.417 e. The third kappa shape index (κ3) is 6.30. The third-order valence-electron chi connectivity index (χ3n) is 4.01. The average Bonchev–Trinajstić information content (AvgIpc) is 2.73. The van der Waals surface area contributed by atoms with Gasteiger partial charge < -0.3 is 4.74 Å². The highest BCUT2D eigenvalue weighted by Gasteiger charge is 2.30. The largest absolute Gasteiger partial charge is 0.487 e. The molecule has 5 nitrogen and oxygen atoms in total. The molecule has 0 aliphatic heterocycles. The Labute approximate surface area is 203 Å². The van der Waals surface area contributed by atoms with Crippen molar-refractivity contribution in [2.75, 3.05) is 5.43 Å². The zero-order valence-corrected chi connectivity index (χ0v) is 19.9. The van der Waals surface area contributed by atoms with Gasteiger partial charge in [-0.15, -0.1) is 0 Å². The van der Waals surface area contributed by atoms with Gasteiger partial charge in [0.25, 0.3) is 0 Å². The van der Waals surface area contributed by atoms with Crippen LogP contribution in [0.25, 0.3) is 0 Å². The number of anilines is 1. The molecule has 1 heterocycles. The maximum absolute atomic E-state index is 12.6. The lowest BCUT2D eigenvalue weighted by atomic mass is 10.1. The first-order chi connectivity index (χ1) is 14.8. The molecule has 10 heteroatoms. The Morgan fingerprint density at radius 1 is 1.13 bits per heavy atom. The second-order valence-corrected chi connectivity index (χ2v) is 8.50. The number of hydrogen-bond donors (Lipinski definition) is 1. The van der Waals surface area contributed by atoms with Crippen molar-refractivity contribution in [3.8, 4) is 11.8 Å². The fourth-order valence-corrected chi connectivity index (χ4v) is 4.63. The van der Waals surface area contributed by atoms with E-state index >= 15 is 0 Å². The highest BCUT2D eigenvalue weighted by Crippen LogP contribution is 2.30. The normalized spacial score (nSPS) is 11.4. The molecule has 2 aromatic carbocycles. The van der Waals surface area contributed by atoms with Crippen LogP contribution < -0.4 is 10.2 Å². The summed E-state index contributed by atoms with van der Waals surface area (Å²) in [4.78, 5) is 3.70. The molecule has 0 saturated heterocycles. The number of nitrogens with zero attached hydrogens (tertiary/aromatic N) is 3. The van der Waals surface area contributed by atoms with E-state index in [0.29, 0.717) is 11.3 Å². The molecule has 31 heavy (non-hydrogen) atoms. The molecule has 0 atom stereocenters. The van der Waals surface area contributed by atoms with Crippen LogP contribution in [-0.4, -0.2) is 11.2 Å². The Morgan fingerprint density at radius 2 is 1.84 bits per heavy atom. The number of nitriles is 1. The molecule has 0 fully saturated rings. The van der Waals surface area contributed by atoms with Gasteiger partial charge in [0.2, 0.25) is 0 Å². The van der Waals surface area contributed by atoms with Gasteiger partial charge in [-0.3, -0.25) is 5.43 Å². The van der Waals surface area contributed by atoms with Crippen molar-refractivity contribution in [3.05, 3.63) is 84.1 Å². The van der Waals surface area contributed by atoms with Crippen LogP contribution in [0.3, 0.4) is 0 Å². The summed E-state index contributed by atoms with van der Waals surface area (Å²) >= 11 is 4.30.